The Balaban J connectivity index is 1.88. The number of nitrogens with zero attached hydrogens (tertiary/aromatic N) is 1. The number of hydrogen-bond acceptors (Lipinski definition) is 4. The molecule has 2 rings (SSSR count). The molecule has 2 aliphatic heterocycles. The van der Waals surface area contributed by atoms with Gasteiger partial charge in [-0.25, -0.2) is 0 Å². The van der Waals surface area contributed by atoms with Gasteiger partial charge in [-0.15, -0.1) is 0 Å². The number of morpholine rings is 1. The molecule has 86 valence electrons. The van der Waals surface area contributed by atoms with Gasteiger partial charge < -0.3 is 15.8 Å². The minimum Gasteiger partial charge on any atom is -0.379 e. The second kappa shape index (κ2) is 4.92. The third-order valence-corrected chi connectivity index (χ3v) is 3.28. The quantitative estimate of drug-likeness (QED) is 0.612. The first-order valence-corrected chi connectivity index (χ1v) is 5.62. The lowest BCUT2D eigenvalue weighted by Crippen LogP contribution is -2.54. The van der Waals surface area contributed by atoms with Crippen molar-refractivity contribution in [2.45, 2.75) is 24.9 Å². The van der Waals surface area contributed by atoms with Crippen LogP contribution in [0.3, 0.4) is 0 Å². The van der Waals surface area contributed by atoms with Gasteiger partial charge in [-0.2, -0.15) is 0 Å². The van der Waals surface area contributed by atoms with Gasteiger partial charge in [-0.1, -0.05) is 0 Å². The van der Waals surface area contributed by atoms with Crippen LogP contribution in [0.15, 0.2) is 0 Å². The van der Waals surface area contributed by atoms with Gasteiger partial charge in [0, 0.05) is 19.1 Å². The van der Waals surface area contributed by atoms with Gasteiger partial charge >= 0.3 is 0 Å². The van der Waals surface area contributed by atoms with Crippen molar-refractivity contribution in [3.05, 3.63) is 0 Å². The maximum atomic E-state index is 11.1. The summed E-state index contributed by atoms with van der Waals surface area (Å²) in [5, 5.41) is 3.16. The van der Waals surface area contributed by atoms with E-state index in [1.165, 1.54) is 0 Å². The zero-order valence-electron chi connectivity index (χ0n) is 8.95. The monoisotopic (exact) mass is 213 g/mol. The fourth-order valence-corrected chi connectivity index (χ4v) is 2.39. The second-order valence-electron chi connectivity index (χ2n) is 4.24. The van der Waals surface area contributed by atoms with Crippen molar-refractivity contribution in [1.29, 1.82) is 0 Å². The van der Waals surface area contributed by atoms with E-state index in [-0.39, 0.29) is 11.9 Å². The highest BCUT2D eigenvalue weighted by Crippen LogP contribution is 2.16. The van der Waals surface area contributed by atoms with E-state index in [9.17, 15) is 4.79 Å². The average molecular weight is 213 g/mol. The molecule has 0 radical (unpaired) electrons. The van der Waals surface area contributed by atoms with Crippen LogP contribution >= 0.6 is 0 Å². The molecule has 0 bridgehead atoms. The van der Waals surface area contributed by atoms with Gasteiger partial charge in [-0.05, 0) is 19.4 Å². The van der Waals surface area contributed by atoms with Crippen molar-refractivity contribution in [1.82, 2.24) is 10.2 Å². The van der Waals surface area contributed by atoms with E-state index >= 15 is 0 Å². The maximum absolute atomic E-state index is 11.1. The molecule has 2 heterocycles. The Hall–Kier alpha value is -0.650. The first-order chi connectivity index (χ1) is 7.27. The summed E-state index contributed by atoms with van der Waals surface area (Å²) in [6.45, 7) is 4.47. The smallest absolute Gasteiger partial charge is 0.234 e. The molecule has 2 saturated heterocycles. The van der Waals surface area contributed by atoms with Crippen LogP contribution in [0.4, 0.5) is 0 Å². The Morgan fingerprint density at radius 3 is 2.80 bits per heavy atom. The fraction of sp³-hybridized carbons (Fsp3) is 0.900. The molecule has 2 aliphatic rings. The van der Waals surface area contributed by atoms with Crippen molar-refractivity contribution >= 4 is 5.91 Å². The lowest BCUT2D eigenvalue weighted by atomic mass is 9.97. The molecule has 5 nitrogen and oxygen atoms in total. The van der Waals surface area contributed by atoms with E-state index in [0.717, 1.165) is 45.7 Å². The first kappa shape index (κ1) is 10.9. The number of nitrogens with two attached hydrogens (primary N) is 1. The molecule has 0 saturated carbocycles. The van der Waals surface area contributed by atoms with Gasteiger partial charge in [0.1, 0.15) is 0 Å². The lowest BCUT2D eigenvalue weighted by molar-refractivity contribution is -0.121. The maximum Gasteiger partial charge on any atom is 0.234 e. The van der Waals surface area contributed by atoms with Crippen molar-refractivity contribution in [2.75, 3.05) is 32.8 Å². The van der Waals surface area contributed by atoms with Gasteiger partial charge in [0.05, 0.1) is 19.3 Å². The highest BCUT2D eigenvalue weighted by molar-refractivity contribution is 5.80. The Kier molecular flexibility index (Phi) is 3.56. The largest absolute Gasteiger partial charge is 0.379 e. The van der Waals surface area contributed by atoms with E-state index in [0.29, 0.717) is 6.04 Å². The molecular weight excluding hydrogens is 194 g/mol. The average Bonchev–Trinajstić information content (AvgIpc) is 2.30. The number of hydrogen-bond donors (Lipinski definition) is 2. The fourth-order valence-electron chi connectivity index (χ4n) is 2.39. The van der Waals surface area contributed by atoms with E-state index in [4.69, 9.17) is 10.5 Å². The van der Waals surface area contributed by atoms with E-state index in [1.54, 1.807) is 0 Å². The van der Waals surface area contributed by atoms with Gasteiger partial charge in [-0.3, -0.25) is 9.69 Å². The third kappa shape index (κ3) is 2.68. The molecule has 3 N–H and O–H groups in total. The Morgan fingerprint density at radius 2 is 2.13 bits per heavy atom. The van der Waals surface area contributed by atoms with E-state index < -0.39 is 0 Å². The first-order valence-electron chi connectivity index (χ1n) is 5.62. The topological polar surface area (TPSA) is 67.6 Å². The minimum atomic E-state index is -0.229. The molecule has 0 aromatic carbocycles. The summed E-state index contributed by atoms with van der Waals surface area (Å²) in [5.41, 5.74) is 5.31. The minimum absolute atomic E-state index is 0.147. The lowest BCUT2D eigenvalue weighted by Gasteiger charge is -2.38. The summed E-state index contributed by atoms with van der Waals surface area (Å²) >= 11 is 0. The normalized spacial score (nSPS) is 33.9. The summed E-state index contributed by atoms with van der Waals surface area (Å²) in [5.74, 6) is -0.229. The number of amides is 1. The number of nitrogens with one attached hydrogen (secondary N) is 1. The van der Waals surface area contributed by atoms with Crippen LogP contribution in [0.25, 0.3) is 0 Å². The van der Waals surface area contributed by atoms with E-state index in [2.05, 4.69) is 10.2 Å². The molecule has 2 fully saturated rings. The van der Waals surface area contributed by atoms with Crippen molar-refractivity contribution < 1.29 is 9.53 Å². The molecule has 1 amide bonds. The van der Waals surface area contributed by atoms with E-state index in [1.807, 2.05) is 0 Å². The van der Waals surface area contributed by atoms with Crippen molar-refractivity contribution in [2.24, 2.45) is 5.73 Å². The summed E-state index contributed by atoms with van der Waals surface area (Å²) < 4.78 is 5.32. The van der Waals surface area contributed by atoms with Crippen molar-refractivity contribution in [3.63, 3.8) is 0 Å². The number of carbonyl (C=O) groups is 1. The molecule has 0 spiro atoms. The van der Waals surface area contributed by atoms with Crippen molar-refractivity contribution in [3.8, 4) is 0 Å². The van der Waals surface area contributed by atoms with Crippen LogP contribution in [0.5, 0.6) is 0 Å². The van der Waals surface area contributed by atoms with Crippen LogP contribution in [-0.2, 0) is 9.53 Å². The molecule has 0 aromatic heterocycles. The summed E-state index contributed by atoms with van der Waals surface area (Å²) in [6.07, 6.45) is 1.94. The Morgan fingerprint density at radius 1 is 1.40 bits per heavy atom. The number of carbonyl (C=O) groups excluding carboxylic acids is 1. The Bertz CT molecular complexity index is 229. The number of rotatable bonds is 2. The van der Waals surface area contributed by atoms with Crippen LogP contribution in [0.2, 0.25) is 0 Å². The van der Waals surface area contributed by atoms with Gasteiger partial charge in [0.25, 0.3) is 0 Å². The standard InChI is InChI=1S/C10H19N3O2/c11-10(14)9-7-8(1-2-12-9)13-3-5-15-6-4-13/h8-9,12H,1-7H2,(H2,11,14). The molecule has 2 atom stereocenters. The predicted molar refractivity (Wildman–Crippen MR) is 56.4 cm³/mol. The Labute approximate surface area is 89.9 Å². The zero-order valence-corrected chi connectivity index (χ0v) is 8.95. The molecule has 0 aromatic rings. The van der Waals surface area contributed by atoms with Gasteiger partial charge in [0.2, 0.25) is 5.91 Å². The van der Waals surface area contributed by atoms with Crippen LogP contribution in [0, 0.1) is 0 Å². The molecule has 15 heavy (non-hydrogen) atoms. The zero-order chi connectivity index (χ0) is 10.7. The number of ether oxygens (including phenoxy) is 1. The molecular formula is C10H19N3O2. The summed E-state index contributed by atoms with van der Waals surface area (Å²) in [4.78, 5) is 13.5. The molecule has 2 unspecified atom stereocenters. The third-order valence-electron chi connectivity index (χ3n) is 3.28. The number of primary amides is 1. The van der Waals surface area contributed by atoms with Gasteiger partial charge in [0.15, 0.2) is 0 Å². The van der Waals surface area contributed by atoms with Crippen LogP contribution in [-0.4, -0.2) is 55.7 Å². The van der Waals surface area contributed by atoms with Crippen LogP contribution < -0.4 is 11.1 Å². The molecule has 5 heteroatoms. The molecule has 0 aliphatic carbocycles. The van der Waals surface area contributed by atoms with Crippen LogP contribution in [0.1, 0.15) is 12.8 Å². The second-order valence-corrected chi connectivity index (χ2v) is 4.24. The summed E-state index contributed by atoms with van der Waals surface area (Å²) in [6, 6.07) is 0.347. The number of piperidine rings is 1. The highest BCUT2D eigenvalue weighted by atomic mass is 16.5. The SMILES string of the molecule is NC(=O)C1CC(N2CCOCC2)CCN1. The predicted octanol–water partition coefficient (Wildman–Crippen LogP) is -1.08. The summed E-state index contributed by atoms with van der Waals surface area (Å²) in [7, 11) is 0. The highest BCUT2D eigenvalue weighted by Gasteiger charge is 2.29.